The fourth-order valence-electron chi connectivity index (χ4n) is 0.638. The van der Waals surface area contributed by atoms with Crippen LogP contribution in [0.5, 0.6) is 0 Å². The van der Waals surface area contributed by atoms with E-state index >= 15 is 0 Å². The quantitative estimate of drug-likeness (QED) is 0.354. The second-order valence-corrected chi connectivity index (χ2v) is 2.01. The molecule has 0 aromatic heterocycles. The average molecular weight is 148 g/mol. The van der Waals surface area contributed by atoms with Crippen molar-refractivity contribution in [1.82, 2.24) is 0 Å². The molecule has 0 amide bonds. The monoisotopic (exact) mass is 148 g/mol. The summed E-state index contributed by atoms with van der Waals surface area (Å²) in [5, 5.41) is 34.9. The van der Waals surface area contributed by atoms with Crippen LogP contribution in [0.3, 0.4) is 0 Å². The average Bonchev–Trinajstić information content (AvgIpc) is 1.93. The van der Waals surface area contributed by atoms with E-state index in [9.17, 15) is 0 Å². The highest BCUT2D eigenvalue weighted by atomic mass is 16.6. The highest BCUT2D eigenvalue weighted by molar-refractivity contribution is 5.04. The van der Waals surface area contributed by atoms with Crippen LogP contribution in [0, 0.1) is 0 Å². The van der Waals surface area contributed by atoms with Gasteiger partial charge in [-0.15, -0.1) is 0 Å². The predicted octanol–water partition coefficient (Wildman–Crippen LogP) is -0.977. The third-order valence-corrected chi connectivity index (χ3v) is 1.25. The molecule has 0 aromatic rings. The van der Waals surface area contributed by atoms with Gasteiger partial charge in [-0.05, 0) is 0 Å². The minimum Gasteiger partial charge on any atom is -0.504 e. The topological polar surface area (TPSA) is 90.2 Å². The number of ether oxygens (including phenoxy) is 1. The Kier molecular flexibility index (Phi) is 1.69. The molecule has 0 saturated heterocycles. The summed E-state index contributed by atoms with van der Waals surface area (Å²) in [6, 6.07) is 0. The Morgan fingerprint density at radius 1 is 1.30 bits per heavy atom. The summed E-state index contributed by atoms with van der Waals surface area (Å²) < 4.78 is 4.35. The summed E-state index contributed by atoms with van der Waals surface area (Å²) in [5.41, 5.74) is 0. The first-order valence-corrected chi connectivity index (χ1v) is 2.74. The predicted molar refractivity (Wildman–Crippen MR) is 30.2 cm³/mol. The second-order valence-electron chi connectivity index (χ2n) is 2.01. The molecule has 0 fully saturated rings. The molecule has 5 heteroatoms. The van der Waals surface area contributed by atoms with Crippen LogP contribution in [-0.4, -0.2) is 39.2 Å². The molecular formula is C5H8O5. The Morgan fingerprint density at radius 2 is 1.90 bits per heavy atom. The van der Waals surface area contributed by atoms with Gasteiger partial charge in [0.2, 0.25) is 5.76 Å². The van der Waals surface area contributed by atoms with Gasteiger partial charge in [-0.2, -0.15) is 0 Å². The first kappa shape index (κ1) is 7.17. The van der Waals surface area contributed by atoms with Crippen LogP contribution in [0.2, 0.25) is 0 Å². The van der Waals surface area contributed by atoms with E-state index in [0.29, 0.717) is 0 Å². The van der Waals surface area contributed by atoms with E-state index in [-0.39, 0.29) is 6.61 Å². The molecule has 1 heterocycles. The van der Waals surface area contributed by atoms with Crippen molar-refractivity contribution in [3.05, 3.63) is 11.7 Å². The highest BCUT2D eigenvalue weighted by Gasteiger charge is 2.30. The first-order valence-electron chi connectivity index (χ1n) is 2.74. The highest BCUT2D eigenvalue weighted by Crippen LogP contribution is 2.15. The van der Waals surface area contributed by atoms with Gasteiger partial charge in [-0.1, -0.05) is 0 Å². The zero-order valence-electron chi connectivity index (χ0n) is 5.06. The van der Waals surface area contributed by atoms with Crippen molar-refractivity contribution < 1.29 is 25.2 Å². The molecule has 0 saturated carbocycles. The van der Waals surface area contributed by atoms with Gasteiger partial charge in [0.15, 0.2) is 0 Å². The lowest BCUT2D eigenvalue weighted by molar-refractivity contribution is -0.0791. The van der Waals surface area contributed by atoms with E-state index < -0.39 is 23.9 Å². The van der Waals surface area contributed by atoms with Gasteiger partial charge in [0.05, 0.1) is 0 Å². The minimum atomic E-state index is -1.44. The third kappa shape index (κ3) is 1.01. The summed E-state index contributed by atoms with van der Waals surface area (Å²) in [4.78, 5) is 0. The number of hydrogen-bond acceptors (Lipinski definition) is 5. The van der Waals surface area contributed by atoms with Crippen LogP contribution >= 0.6 is 0 Å². The molecular weight excluding hydrogens is 140 g/mol. The van der Waals surface area contributed by atoms with Crippen LogP contribution in [0.15, 0.2) is 11.7 Å². The Hall–Kier alpha value is -0.940. The van der Waals surface area contributed by atoms with Crippen LogP contribution in [0.25, 0.3) is 0 Å². The van der Waals surface area contributed by atoms with Crippen molar-refractivity contribution in [3.8, 4) is 0 Å². The zero-order chi connectivity index (χ0) is 7.72. The van der Waals surface area contributed by atoms with E-state index in [2.05, 4.69) is 4.74 Å². The van der Waals surface area contributed by atoms with Crippen LogP contribution in [-0.2, 0) is 4.74 Å². The number of aliphatic hydroxyl groups is 4. The van der Waals surface area contributed by atoms with Crippen molar-refractivity contribution >= 4 is 0 Å². The standard InChI is InChI=1S/C5H8O5/c6-2-1-10-5(9)4(8)3(2)7/h2-3,6-9H,1H2/t2-,3+/m1/s1. The molecule has 58 valence electrons. The Balaban J connectivity index is 2.77. The van der Waals surface area contributed by atoms with Crippen molar-refractivity contribution in [3.63, 3.8) is 0 Å². The lowest BCUT2D eigenvalue weighted by Crippen LogP contribution is -2.36. The molecule has 0 bridgehead atoms. The lowest BCUT2D eigenvalue weighted by atomic mass is 10.1. The van der Waals surface area contributed by atoms with E-state index in [4.69, 9.17) is 20.4 Å². The summed E-state index contributed by atoms with van der Waals surface area (Å²) in [6.07, 6.45) is -2.61. The molecule has 0 unspecified atom stereocenters. The molecule has 2 atom stereocenters. The van der Waals surface area contributed by atoms with E-state index in [1.54, 1.807) is 0 Å². The van der Waals surface area contributed by atoms with Gasteiger partial charge in [0.1, 0.15) is 18.8 Å². The minimum absolute atomic E-state index is 0.211. The van der Waals surface area contributed by atoms with Crippen molar-refractivity contribution in [1.29, 1.82) is 0 Å². The fourth-order valence-corrected chi connectivity index (χ4v) is 0.638. The largest absolute Gasteiger partial charge is 0.504 e. The van der Waals surface area contributed by atoms with Gasteiger partial charge < -0.3 is 25.2 Å². The molecule has 0 aromatic carbocycles. The lowest BCUT2D eigenvalue weighted by Gasteiger charge is -2.22. The van der Waals surface area contributed by atoms with Crippen LogP contribution in [0.4, 0.5) is 0 Å². The van der Waals surface area contributed by atoms with Crippen molar-refractivity contribution in [2.45, 2.75) is 12.2 Å². The molecule has 10 heavy (non-hydrogen) atoms. The van der Waals surface area contributed by atoms with Crippen molar-refractivity contribution in [2.75, 3.05) is 6.61 Å². The van der Waals surface area contributed by atoms with Gasteiger partial charge >= 0.3 is 5.95 Å². The third-order valence-electron chi connectivity index (χ3n) is 1.25. The summed E-state index contributed by atoms with van der Waals surface area (Å²) >= 11 is 0. The first-order chi connectivity index (χ1) is 4.63. The zero-order valence-corrected chi connectivity index (χ0v) is 5.06. The molecule has 1 rings (SSSR count). The number of hydrogen-bond donors (Lipinski definition) is 4. The summed E-state index contributed by atoms with van der Waals surface area (Å²) in [5.74, 6) is -1.45. The van der Waals surface area contributed by atoms with E-state index in [1.165, 1.54) is 0 Å². The Morgan fingerprint density at radius 3 is 2.40 bits per heavy atom. The number of aliphatic hydroxyl groups excluding tert-OH is 4. The molecule has 5 nitrogen and oxygen atoms in total. The second kappa shape index (κ2) is 2.36. The molecule has 0 radical (unpaired) electrons. The van der Waals surface area contributed by atoms with E-state index in [1.807, 2.05) is 0 Å². The Labute approximate surface area is 56.8 Å². The molecule has 1 aliphatic heterocycles. The molecule has 0 spiro atoms. The number of rotatable bonds is 0. The van der Waals surface area contributed by atoms with Gasteiger partial charge in [-0.3, -0.25) is 0 Å². The van der Waals surface area contributed by atoms with Crippen molar-refractivity contribution in [2.24, 2.45) is 0 Å². The van der Waals surface area contributed by atoms with Crippen LogP contribution in [0.1, 0.15) is 0 Å². The van der Waals surface area contributed by atoms with Gasteiger partial charge in [0, 0.05) is 0 Å². The molecule has 0 aliphatic carbocycles. The smallest absolute Gasteiger partial charge is 0.319 e. The van der Waals surface area contributed by atoms with Gasteiger partial charge in [0.25, 0.3) is 0 Å². The van der Waals surface area contributed by atoms with E-state index in [0.717, 1.165) is 0 Å². The maximum Gasteiger partial charge on any atom is 0.319 e. The normalized spacial score (nSPS) is 33.8. The van der Waals surface area contributed by atoms with Crippen LogP contribution < -0.4 is 0 Å². The summed E-state index contributed by atoms with van der Waals surface area (Å²) in [6.45, 7) is -0.211. The Bertz CT molecular complexity index is 163. The molecule has 4 N–H and O–H groups in total. The maximum atomic E-state index is 8.82. The fraction of sp³-hybridized carbons (Fsp3) is 0.600. The summed E-state index contributed by atoms with van der Waals surface area (Å²) in [7, 11) is 0. The SMILES string of the molecule is OC1=C(O)[C@@H](O)[C@H](O)CO1. The van der Waals surface area contributed by atoms with Gasteiger partial charge in [-0.25, -0.2) is 0 Å². The molecule has 1 aliphatic rings. The maximum absolute atomic E-state index is 8.82.